The lowest BCUT2D eigenvalue weighted by atomic mass is 10.2. The number of hydrogen-bond acceptors (Lipinski definition) is 3. The first kappa shape index (κ1) is 14.0. The summed E-state index contributed by atoms with van der Waals surface area (Å²) in [6, 6.07) is 0.541. The highest BCUT2D eigenvalue weighted by Gasteiger charge is 2.16. The van der Waals surface area contributed by atoms with E-state index in [2.05, 4.69) is 15.7 Å². The minimum absolute atomic E-state index is 0.357. The van der Waals surface area contributed by atoms with E-state index in [-0.39, 0.29) is 0 Å². The average Bonchev–Trinajstić information content (AvgIpc) is 2.84. The van der Waals surface area contributed by atoms with E-state index in [4.69, 9.17) is 5.11 Å². The molecule has 0 radical (unpaired) electrons. The highest BCUT2D eigenvalue weighted by Crippen LogP contribution is 1.91. The van der Waals surface area contributed by atoms with Crippen molar-refractivity contribution < 1.29 is 14.7 Å². The molecular weight excluding hydrogens is 236 g/mol. The average molecular weight is 254 g/mol. The van der Waals surface area contributed by atoms with Gasteiger partial charge in [0, 0.05) is 25.5 Å². The molecule has 0 saturated carbocycles. The van der Waals surface area contributed by atoms with Crippen LogP contribution in [0.1, 0.15) is 19.8 Å². The van der Waals surface area contributed by atoms with Crippen LogP contribution in [0.4, 0.5) is 4.79 Å². The Morgan fingerprint density at radius 1 is 1.50 bits per heavy atom. The fourth-order valence-corrected chi connectivity index (χ4v) is 1.42. The van der Waals surface area contributed by atoms with Crippen molar-refractivity contribution in [3.05, 3.63) is 18.5 Å². The number of nitrogens with one attached hydrogen (secondary N) is 2. The summed E-state index contributed by atoms with van der Waals surface area (Å²) in [6.45, 7) is 2.89. The molecule has 7 nitrogen and oxygen atoms in total. The van der Waals surface area contributed by atoms with E-state index >= 15 is 0 Å². The summed E-state index contributed by atoms with van der Waals surface area (Å²) in [7, 11) is 0. The van der Waals surface area contributed by atoms with Crippen LogP contribution in [0.3, 0.4) is 0 Å². The van der Waals surface area contributed by atoms with Gasteiger partial charge in [-0.1, -0.05) is 6.92 Å². The van der Waals surface area contributed by atoms with Crippen molar-refractivity contribution in [2.24, 2.45) is 0 Å². The fraction of sp³-hybridized carbons (Fsp3) is 0.545. The molecule has 1 aromatic rings. The summed E-state index contributed by atoms with van der Waals surface area (Å²) >= 11 is 0. The van der Waals surface area contributed by atoms with Crippen LogP contribution >= 0.6 is 0 Å². The first-order valence-corrected chi connectivity index (χ1v) is 5.88. The number of aryl methyl sites for hydroxylation is 1. The van der Waals surface area contributed by atoms with E-state index in [1.54, 1.807) is 17.8 Å². The number of hydrogen-bond donors (Lipinski definition) is 3. The van der Waals surface area contributed by atoms with Gasteiger partial charge in [0.2, 0.25) is 0 Å². The minimum atomic E-state index is -1.02. The SMILES string of the molecule is CC[C@@H](NC(=O)NCCCn1cccn1)C(=O)O. The van der Waals surface area contributed by atoms with Gasteiger partial charge in [-0.3, -0.25) is 4.68 Å². The van der Waals surface area contributed by atoms with Crippen molar-refractivity contribution in [2.75, 3.05) is 6.54 Å². The zero-order valence-corrected chi connectivity index (χ0v) is 10.3. The number of nitrogens with zero attached hydrogens (tertiary/aromatic N) is 2. The number of carboxylic acid groups (broad SMARTS) is 1. The molecule has 100 valence electrons. The first-order chi connectivity index (χ1) is 8.63. The van der Waals surface area contributed by atoms with E-state index in [0.29, 0.717) is 19.5 Å². The number of urea groups is 1. The zero-order valence-electron chi connectivity index (χ0n) is 10.3. The van der Waals surface area contributed by atoms with E-state index in [1.807, 2.05) is 12.3 Å². The predicted octanol–water partition coefficient (Wildman–Crippen LogP) is 0.436. The lowest BCUT2D eigenvalue weighted by molar-refractivity contribution is -0.139. The summed E-state index contributed by atoms with van der Waals surface area (Å²) in [5, 5.41) is 17.8. The minimum Gasteiger partial charge on any atom is -0.480 e. The number of aliphatic carboxylic acids is 1. The van der Waals surface area contributed by atoms with Crippen molar-refractivity contribution >= 4 is 12.0 Å². The van der Waals surface area contributed by atoms with Crippen LogP contribution < -0.4 is 10.6 Å². The molecule has 2 amide bonds. The third kappa shape index (κ3) is 4.86. The van der Waals surface area contributed by atoms with Crippen LogP contribution in [0.25, 0.3) is 0 Å². The van der Waals surface area contributed by atoms with Gasteiger partial charge in [0.05, 0.1) is 0 Å². The monoisotopic (exact) mass is 254 g/mol. The van der Waals surface area contributed by atoms with Gasteiger partial charge in [0.15, 0.2) is 0 Å². The molecule has 7 heteroatoms. The fourth-order valence-electron chi connectivity index (χ4n) is 1.42. The third-order valence-corrected chi connectivity index (χ3v) is 2.42. The lowest BCUT2D eigenvalue weighted by Crippen LogP contribution is -2.45. The molecule has 1 atom stereocenters. The molecule has 0 unspecified atom stereocenters. The summed E-state index contributed by atoms with van der Waals surface area (Å²) in [6.07, 6.45) is 4.63. The molecule has 0 aromatic carbocycles. The molecule has 0 aliphatic heterocycles. The largest absolute Gasteiger partial charge is 0.480 e. The van der Waals surface area contributed by atoms with Crippen LogP contribution in [0, 0.1) is 0 Å². The Kier molecular flexibility index (Phi) is 5.69. The predicted molar refractivity (Wildman–Crippen MR) is 65.1 cm³/mol. The maximum atomic E-state index is 11.4. The topological polar surface area (TPSA) is 96.3 Å². The number of carboxylic acids is 1. The molecule has 18 heavy (non-hydrogen) atoms. The van der Waals surface area contributed by atoms with Gasteiger partial charge in [-0.15, -0.1) is 0 Å². The standard InChI is InChI=1S/C11H18N4O3/c1-2-9(10(16)17)14-11(18)12-5-3-7-15-8-4-6-13-15/h4,6,8-9H,2-3,5,7H2,1H3,(H,16,17)(H2,12,14,18)/t9-/m1/s1. The summed E-state index contributed by atoms with van der Waals surface area (Å²) < 4.78 is 1.77. The van der Waals surface area contributed by atoms with Gasteiger partial charge < -0.3 is 15.7 Å². The smallest absolute Gasteiger partial charge is 0.326 e. The molecular formula is C11H18N4O3. The molecule has 0 fully saturated rings. The molecule has 0 spiro atoms. The Labute approximate surface area is 105 Å². The maximum absolute atomic E-state index is 11.4. The highest BCUT2D eigenvalue weighted by atomic mass is 16.4. The normalized spacial score (nSPS) is 11.8. The van der Waals surface area contributed by atoms with E-state index in [1.165, 1.54) is 0 Å². The summed E-state index contributed by atoms with van der Waals surface area (Å²) in [4.78, 5) is 22.1. The molecule has 0 aliphatic rings. The quantitative estimate of drug-likeness (QED) is 0.615. The first-order valence-electron chi connectivity index (χ1n) is 5.88. The Bertz CT molecular complexity index is 378. The summed E-state index contributed by atoms with van der Waals surface area (Å²) in [5.41, 5.74) is 0. The van der Waals surface area contributed by atoms with Gasteiger partial charge in [-0.25, -0.2) is 9.59 Å². The lowest BCUT2D eigenvalue weighted by Gasteiger charge is -2.13. The third-order valence-electron chi connectivity index (χ3n) is 2.42. The van der Waals surface area contributed by atoms with Gasteiger partial charge in [-0.05, 0) is 18.9 Å². The zero-order chi connectivity index (χ0) is 13.4. The Hall–Kier alpha value is -2.05. The number of aromatic nitrogens is 2. The van der Waals surface area contributed by atoms with Crippen LogP contribution in [0.5, 0.6) is 0 Å². The summed E-state index contributed by atoms with van der Waals surface area (Å²) in [5.74, 6) is -1.02. The van der Waals surface area contributed by atoms with Crippen LogP contribution in [0.2, 0.25) is 0 Å². The molecule has 0 bridgehead atoms. The van der Waals surface area contributed by atoms with E-state index in [0.717, 1.165) is 6.42 Å². The van der Waals surface area contributed by atoms with Crippen molar-refractivity contribution in [1.82, 2.24) is 20.4 Å². The Morgan fingerprint density at radius 2 is 2.28 bits per heavy atom. The molecule has 0 aliphatic carbocycles. The molecule has 0 saturated heterocycles. The molecule has 3 N–H and O–H groups in total. The number of rotatable bonds is 7. The van der Waals surface area contributed by atoms with Crippen LogP contribution in [-0.4, -0.2) is 39.5 Å². The van der Waals surface area contributed by atoms with Gasteiger partial charge in [0.25, 0.3) is 0 Å². The van der Waals surface area contributed by atoms with Crippen molar-refractivity contribution in [3.8, 4) is 0 Å². The second-order valence-electron chi connectivity index (χ2n) is 3.82. The van der Waals surface area contributed by atoms with Crippen molar-refractivity contribution in [1.29, 1.82) is 0 Å². The molecule has 1 heterocycles. The number of carbonyl (C=O) groups excluding carboxylic acids is 1. The van der Waals surface area contributed by atoms with Gasteiger partial charge in [-0.2, -0.15) is 5.10 Å². The van der Waals surface area contributed by atoms with Gasteiger partial charge >= 0.3 is 12.0 Å². The Balaban J connectivity index is 2.15. The highest BCUT2D eigenvalue weighted by molar-refractivity contribution is 5.82. The van der Waals surface area contributed by atoms with Crippen molar-refractivity contribution in [3.63, 3.8) is 0 Å². The molecule has 1 aromatic heterocycles. The van der Waals surface area contributed by atoms with E-state index in [9.17, 15) is 9.59 Å². The van der Waals surface area contributed by atoms with E-state index < -0.39 is 18.0 Å². The second kappa shape index (κ2) is 7.31. The second-order valence-corrected chi connectivity index (χ2v) is 3.82. The molecule has 1 rings (SSSR count). The number of amides is 2. The van der Waals surface area contributed by atoms with Gasteiger partial charge in [0.1, 0.15) is 6.04 Å². The number of carbonyl (C=O) groups is 2. The maximum Gasteiger partial charge on any atom is 0.326 e. The Morgan fingerprint density at radius 3 is 2.83 bits per heavy atom. The van der Waals surface area contributed by atoms with Crippen LogP contribution in [0.15, 0.2) is 18.5 Å². The van der Waals surface area contributed by atoms with Crippen molar-refractivity contribution in [2.45, 2.75) is 32.4 Å². The van der Waals surface area contributed by atoms with Crippen LogP contribution in [-0.2, 0) is 11.3 Å².